The summed E-state index contributed by atoms with van der Waals surface area (Å²) in [5.74, 6) is -0.710. The van der Waals surface area contributed by atoms with E-state index in [1.54, 1.807) is 0 Å². The highest BCUT2D eigenvalue weighted by Gasteiger charge is 2.30. The summed E-state index contributed by atoms with van der Waals surface area (Å²) in [6.45, 7) is 9.39. The monoisotopic (exact) mass is 1230 g/mol. The topological polar surface area (TPSA) is 237 Å². The maximum atomic E-state index is 13.0. The summed E-state index contributed by atoms with van der Waals surface area (Å²) in [7, 11) is -9.89. The number of hydrogen-bond acceptors (Lipinski definition) is 15. The average molecular weight is 1230 g/mol. The van der Waals surface area contributed by atoms with Crippen LogP contribution in [0.25, 0.3) is 0 Å². The Hall–Kier alpha value is -1.94. The number of aliphatic hydroxyl groups is 1. The van der Waals surface area contributed by atoms with E-state index in [1.165, 1.54) is 128 Å². The van der Waals surface area contributed by atoms with Gasteiger partial charge in [0.05, 0.1) is 26.4 Å². The van der Waals surface area contributed by atoms with Gasteiger partial charge in [-0.25, -0.2) is 9.13 Å². The van der Waals surface area contributed by atoms with Crippen molar-refractivity contribution in [2.75, 3.05) is 39.6 Å². The second-order valence-electron chi connectivity index (χ2n) is 23.9. The molecule has 17 nitrogen and oxygen atoms in total. The number of carbonyl (C=O) groups excluding carboxylic acids is 4. The number of aliphatic hydroxyl groups excluding tert-OH is 1. The SMILES string of the molecule is CCCCCCCCCCCCCCCC(=O)O[C@H](COC(=O)CCCCCCCCCC(C)C)COP(=O)(O)OC[C@@H](O)COP(=O)(O)OC[C@@H](COC(=O)CCCCCCCCCCCC)OC(=O)CCCCCCCCC(C)CC. The number of rotatable bonds is 63. The zero-order chi connectivity index (χ0) is 61.5. The second-order valence-corrected chi connectivity index (χ2v) is 26.8. The van der Waals surface area contributed by atoms with E-state index in [0.717, 1.165) is 102 Å². The average Bonchev–Trinajstić information content (AvgIpc) is 3.45. The maximum Gasteiger partial charge on any atom is 0.472 e. The van der Waals surface area contributed by atoms with Crippen LogP contribution in [0, 0.1) is 11.8 Å². The molecule has 3 unspecified atom stereocenters. The Morgan fingerprint density at radius 3 is 0.916 bits per heavy atom. The van der Waals surface area contributed by atoms with Gasteiger partial charge in [0.15, 0.2) is 12.2 Å². The standard InChI is InChI=1S/C64H124O17P2/c1-7-10-12-14-16-18-20-21-22-24-28-36-42-48-63(68)80-59(52-75-62(67)47-41-35-29-25-26-32-38-44-56(4)5)54-78-82(70,71)76-50-58(65)51-77-83(72,73)79-55-60(81-64(69)49-43-37-31-30-33-39-45-57(6)9-3)53-74-61(66)46-40-34-27-23-19-17-15-13-11-8-2/h56-60,65H,7-55H2,1-6H3,(H,70,71)(H,72,73)/t57?,58-,59-,60-/m1/s1. The van der Waals surface area contributed by atoms with E-state index in [1.807, 2.05) is 0 Å². The van der Waals surface area contributed by atoms with Crippen LogP contribution in [-0.2, 0) is 65.4 Å². The van der Waals surface area contributed by atoms with E-state index in [-0.39, 0.29) is 25.7 Å². The molecule has 0 aromatic heterocycles. The number of phosphoric ester groups is 2. The molecule has 0 aliphatic heterocycles. The fourth-order valence-corrected chi connectivity index (χ4v) is 11.1. The number of phosphoric acid groups is 2. The Morgan fingerprint density at radius 1 is 0.349 bits per heavy atom. The summed E-state index contributed by atoms with van der Waals surface area (Å²) >= 11 is 0. The molecule has 0 amide bonds. The van der Waals surface area contributed by atoms with Crippen LogP contribution < -0.4 is 0 Å². The van der Waals surface area contributed by atoms with Gasteiger partial charge in [-0.1, -0.05) is 266 Å². The van der Waals surface area contributed by atoms with Crippen LogP contribution in [0.3, 0.4) is 0 Å². The van der Waals surface area contributed by atoms with E-state index < -0.39 is 97.5 Å². The Kier molecular flexibility index (Phi) is 55.2. The first-order valence-corrected chi connectivity index (χ1v) is 36.5. The van der Waals surface area contributed by atoms with Gasteiger partial charge in [0.2, 0.25) is 0 Å². The predicted octanol–water partition coefficient (Wildman–Crippen LogP) is 17.7. The molecule has 0 radical (unpaired) electrons. The van der Waals surface area contributed by atoms with E-state index in [9.17, 15) is 43.2 Å². The third-order valence-corrected chi connectivity index (χ3v) is 17.0. The van der Waals surface area contributed by atoms with Crippen molar-refractivity contribution in [3.63, 3.8) is 0 Å². The molecule has 0 fully saturated rings. The van der Waals surface area contributed by atoms with E-state index in [0.29, 0.717) is 31.6 Å². The minimum atomic E-state index is -4.94. The molecular weight excluding hydrogens is 1100 g/mol. The lowest BCUT2D eigenvalue weighted by Gasteiger charge is -2.21. The zero-order valence-corrected chi connectivity index (χ0v) is 55.3. The highest BCUT2D eigenvalue weighted by atomic mass is 31.2. The predicted molar refractivity (Wildman–Crippen MR) is 331 cm³/mol. The molecule has 0 saturated carbocycles. The summed E-state index contributed by atoms with van der Waals surface area (Å²) in [6.07, 6.45) is 39.0. The van der Waals surface area contributed by atoms with Crippen LogP contribution in [0.1, 0.15) is 318 Å². The molecule has 0 spiro atoms. The molecule has 0 heterocycles. The molecule has 3 N–H and O–H groups in total. The van der Waals surface area contributed by atoms with Crippen LogP contribution in [0.2, 0.25) is 0 Å². The van der Waals surface area contributed by atoms with Gasteiger partial charge in [-0.15, -0.1) is 0 Å². The highest BCUT2D eigenvalue weighted by Crippen LogP contribution is 2.45. The number of hydrogen-bond donors (Lipinski definition) is 3. The first-order chi connectivity index (χ1) is 39.9. The van der Waals surface area contributed by atoms with Crippen LogP contribution in [0.15, 0.2) is 0 Å². The van der Waals surface area contributed by atoms with Gasteiger partial charge in [0.25, 0.3) is 0 Å². The molecule has 0 bridgehead atoms. The lowest BCUT2D eigenvalue weighted by molar-refractivity contribution is -0.161. The zero-order valence-electron chi connectivity index (χ0n) is 53.5. The fourth-order valence-electron chi connectivity index (χ4n) is 9.50. The summed E-state index contributed by atoms with van der Waals surface area (Å²) in [4.78, 5) is 72.2. The lowest BCUT2D eigenvalue weighted by atomic mass is 10.00. The van der Waals surface area contributed by atoms with Gasteiger partial charge in [-0.05, 0) is 37.5 Å². The molecular formula is C64H124O17P2. The summed E-state index contributed by atoms with van der Waals surface area (Å²) in [5, 5.41) is 10.5. The Labute approximate surface area is 505 Å². The Bertz CT molecular complexity index is 1630. The second kappa shape index (κ2) is 56.6. The number of carbonyl (C=O) groups is 4. The van der Waals surface area contributed by atoms with Crippen LogP contribution >= 0.6 is 15.6 Å². The Morgan fingerprint density at radius 2 is 0.614 bits per heavy atom. The van der Waals surface area contributed by atoms with Gasteiger partial charge in [0, 0.05) is 25.7 Å². The van der Waals surface area contributed by atoms with Crippen molar-refractivity contribution in [2.24, 2.45) is 11.8 Å². The van der Waals surface area contributed by atoms with Crippen molar-refractivity contribution in [3.8, 4) is 0 Å². The maximum absolute atomic E-state index is 13.0. The molecule has 492 valence electrons. The third kappa shape index (κ3) is 57.6. The van der Waals surface area contributed by atoms with Gasteiger partial charge in [0.1, 0.15) is 19.3 Å². The first kappa shape index (κ1) is 81.1. The molecule has 0 aliphatic rings. The largest absolute Gasteiger partial charge is 0.472 e. The molecule has 83 heavy (non-hydrogen) atoms. The van der Waals surface area contributed by atoms with Crippen molar-refractivity contribution in [1.29, 1.82) is 0 Å². The van der Waals surface area contributed by atoms with Gasteiger partial charge in [-0.3, -0.25) is 37.3 Å². The number of esters is 4. The van der Waals surface area contributed by atoms with Crippen molar-refractivity contribution < 1.29 is 80.2 Å². The van der Waals surface area contributed by atoms with Gasteiger partial charge in [-0.2, -0.15) is 0 Å². The molecule has 0 aromatic rings. The van der Waals surface area contributed by atoms with E-state index in [4.69, 9.17) is 37.0 Å². The van der Waals surface area contributed by atoms with E-state index in [2.05, 4.69) is 41.5 Å². The van der Waals surface area contributed by atoms with Crippen LogP contribution in [0.5, 0.6) is 0 Å². The molecule has 0 aromatic carbocycles. The number of ether oxygens (including phenoxy) is 4. The minimum absolute atomic E-state index is 0.103. The summed E-state index contributed by atoms with van der Waals surface area (Å²) in [6, 6.07) is 0. The Balaban J connectivity index is 5.25. The minimum Gasteiger partial charge on any atom is -0.462 e. The van der Waals surface area contributed by atoms with Gasteiger partial charge >= 0.3 is 39.5 Å². The molecule has 0 rings (SSSR count). The number of unbranched alkanes of at least 4 members (excludes halogenated alkanes) is 32. The summed E-state index contributed by atoms with van der Waals surface area (Å²) < 4.78 is 68.0. The lowest BCUT2D eigenvalue weighted by Crippen LogP contribution is -2.30. The van der Waals surface area contributed by atoms with Crippen molar-refractivity contribution >= 4 is 39.5 Å². The first-order valence-electron chi connectivity index (χ1n) is 33.5. The summed E-state index contributed by atoms with van der Waals surface area (Å²) in [5.41, 5.74) is 0. The van der Waals surface area contributed by atoms with Gasteiger partial charge < -0.3 is 33.8 Å². The molecule has 0 saturated heterocycles. The molecule has 0 aliphatic carbocycles. The third-order valence-electron chi connectivity index (χ3n) is 15.1. The quantitative estimate of drug-likeness (QED) is 0.0222. The molecule has 19 heteroatoms. The van der Waals surface area contributed by atoms with Crippen LogP contribution in [-0.4, -0.2) is 96.7 Å². The molecule has 6 atom stereocenters. The fraction of sp³-hybridized carbons (Fsp3) is 0.938. The van der Waals surface area contributed by atoms with E-state index >= 15 is 0 Å². The van der Waals surface area contributed by atoms with Crippen molar-refractivity contribution in [2.45, 2.75) is 336 Å². The van der Waals surface area contributed by atoms with Crippen molar-refractivity contribution in [3.05, 3.63) is 0 Å². The smallest absolute Gasteiger partial charge is 0.462 e. The van der Waals surface area contributed by atoms with Crippen LogP contribution in [0.4, 0.5) is 0 Å². The van der Waals surface area contributed by atoms with Crippen molar-refractivity contribution in [1.82, 2.24) is 0 Å². The normalized spacial score (nSPS) is 14.6. The highest BCUT2D eigenvalue weighted by molar-refractivity contribution is 7.47.